The number of amidine groups is 1. The molecule has 0 saturated carbocycles. The fourth-order valence-electron chi connectivity index (χ4n) is 2.65. The van der Waals surface area contributed by atoms with Crippen molar-refractivity contribution in [1.82, 2.24) is 9.97 Å². The predicted octanol–water partition coefficient (Wildman–Crippen LogP) is 3.24. The van der Waals surface area contributed by atoms with Gasteiger partial charge in [0.2, 0.25) is 0 Å². The summed E-state index contributed by atoms with van der Waals surface area (Å²) in [6.07, 6.45) is -5.44. The normalized spacial score (nSPS) is 22.7. The van der Waals surface area contributed by atoms with Crippen LogP contribution in [0.1, 0.15) is 12.0 Å². The Hall–Kier alpha value is -2.98. The highest BCUT2D eigenvalue weighted by molar-refractivity contribution is 5.73. The van der Waals surface area contributed by atoms with Gasteiger partial charge in [0.05, 0.1) is 0 Å². The predicted molar refractivity (Wildman–Crippen MR) is 83.3 cm³/mol. The zero-order valence-electron chi connectivity index (χ0n) is 13.6. The van der Waals surface area contributed by atoms with Gasteiger partial charge in [0, 0.05) is 24.4 Å². The number of nitrogens with two attached hydrogens (primary N) is 1. The standard InChI is InChI=1S/C16H13F5N4O2/c17-8-15(7-12(16(19,20)21)27-13(22)25-15)10-6-9(2-3-11(10)18)26-14-23-4-1-5-24-14/h1-6,12H,7-8H2,(H2,22,25). The lowest BCUT2D eigenvalue weighted by Gasteiger charge is -2.36. The lowest BCUT2D eigenvalue weighted by molar-refractivity contribution is -0.209. The maximum Gasteiger partial charge on any atom is 0.425 e. The van der Waals surface area contributed by atoms with Gasteiger partial charge < -0.3 is 15.2 Å². The van der Waals surface area contributed by atoms with Gasteiger partial charge in [0.25, 0.3) is 6.02 Å². The van der Waals surface area contributed by atoms with Gasteiger partial charge in [-0.15, -0.1) is 0 Å². The highest BCUT2D eigenvalue weighted by Crippen LogP contribution is 2.42. The molecular weight excluding hydrogens is 375 g/mol. The first-order chi connectivity index (χ1) is 12.7. The molecule has 0 spiro atoms. The Morgan fingerprint density at radius 3 is 2.59 bits per heavy atom. The van der Waals surface area contributed by atoms with E-state index in [0.717, 1.165) is 12.1 Å². The van der Waals surface area contributed by atoms with Gasteiger partial charge in [-0.2, -0.15) is 13.2 Å². The minimum absolute atomic E-state index is 0.00533. The summed E-state index contributed by atoms with van der Waals surface area (Å²) in [4.78, 5) is 11.3. The van der Waals surface area contributed by atoms with E-state index in [0.29, 0.717) is 0 Å². The number of aromatic nitrogens is 2. The summed E-state index contributed by atoms with van der Waals surface area (Å²) in [6.45, 7) is -1.42. The molecule has 1 aliphatic heterocycles. The lowest BCUT2D eigenvalue weighted by atomic mass is 9.84. The number of benzene rings is 1. The van der Waals surface area contributed by atoms with Gasteiger partial charge in [-0.3, -0.25) is 0 Å². The number of alkyl halides is 4. The summed E-state index contributed by atoms with van der Waals surface area (Å²) in [6, 6.07) is 3.76. The number of hydrogen-bond acceptors (Lipinski definition) is 6. The highest BCUT2D eigenvalue weighted by Gasteiger charge is 2.52. The summed E-state index contributed by atoms with van der Waals surface area (Å²) in [7, 11) is 0. The topological polar surface area (TPSA) is 82.6 Å². The van der Waals surface area contributed by atoms with Crippen molar-refractivity contribution in [2.75, 3.05) is 6.67 Å². The molecule has 0 amide bonds. The molecule has 1 aromatic carbocycles. The van der Waals surface area contributed by atoms with Gasteiger partial charge >= 0.3 is 12.2 Å². The molecule has 0 bridgehead atoms. The van der Waals surface area contributed by atoms with Crippen LogP contribution in [-0.2, 0) is 10.3 Å². The van der Waals surface area contributed by atoms with Crippen molar-refractivity contribution in [2.24, 2.45) is 10.7 Å². The van der Waals surface area contributed by atoms with E-state index >= 15 is 0 Å². The molecule has 2 unspecified atom stereocenters. The molecule has 1 aromatic heterocycles. The second-order valence-corrected chi connectivity index (χ2v) is 5.74. The van der Waals surface area contributed by atoms with Crippen molar-refractivity contribution in [2.45, 2.75) is 24.2 Å². The van der Waals surface area contributed by atoms with Crippen molar-refractivity contribution < 1.29 is 31.4 Å². The summed E-state index contributed by atoms with van der Waals surface area (Å²) in [5.74, 6) is -0.970. The third kappa shape index (κ3) is 3.91. The Bertz CT molecular complexity index is 846. The minimum atomic E-state index is -4.83. The van der Waals surface area contributed by atoms with Gasteiger partial charge in [-0.05, 0) is 24.3 Å². The Morgan fingerprint density at radius 2 is 1.96 bits per heavy atom. The van der Waals surface area contributed by atoms with E-state index in [1.807, 2.05) is 0 Å². The molecule has 0 aliphatic carbocycles. The fourth-order valence-corrected chi connectivity index (χ4v) is 2.65. The molecular formula is C16H13F5N4O2. The van der Waals surface area contributed by atoms with Crippen molar-refractivity contribution in [3.05, 3.63) is 48.0 Å². The zero-order valence-corrected chi connectivity index (χ0v) is 13.6. The van der Waals surface area contributed by atoms with Crippen molar-refractivity contribution in [1.29, 1.82) is 0 Å². The first kappa shape index (κ1) is 18.8. The molecule has 11 heteroatoms. The van der Waals surface area contributed by atoms with E-state index in [4.69, 9.17) is 10.5 Å². The van der Waals surface area contributed by atoms with Crippen LogP contribution in [0.15, 0.2) is 41.7 Å². The Morgan fingerprint density at radius 1 is 1.26 bits per heavy atom. The number of rotatable bonds is 4. The molecule has 0 saturated heterocycles. The van der Waals surface area contributed by atoms with E-state index in [-0.39, 0.29) is 11.8 Å². The van der Waals surface area contributed by atoms with Crippen LogP contribution in [0.25, 0.3) is 0 Å². The zero-order chi connectivity index (χ0) is 19.7. The lowest BCUT2D eigenvalue weighted by Crippen LogP contribution is -2.48. The van der Waals surface area contributed by atoms with E-state index in [1.54, 1.807) is 0 Å². The first-order valence-electron chi connectivity index (χ1n) is 7.63. The van der Waals surface area contributed by atoms with Crippen LogP contribution in [0.5, 0.6) is 11.8 Å². The van der Waals surface area contributed by atoms with Crippen LogP contribution >= 0.6 is 0 Å². The molecule has 2 atom stereocenters. The largest absolute Gasteiger partial charge is 0.452 e. The van der Waals surface area contributed by atoms with Crippen molar-refractivity contribution in [3.63, 3.8) is 0 Å². The van der Waals surface area contributed by atoms with Crippen LogP contribution < -0.4 is 10.5 Å². The Labute approximate surface area is 149 Å². The van der Waals surface area contributed by atoms with Gasteiger partial charge in [0.1, 0.15) is 23.8 Å². The third-order valence-corrected chi connectivity index (χ3v) is 3.89. The third-order valence-electron chi connectivity index (χ3n) is 3.89. The SMILES string of the molecule is NC1=NC(CF)(c2cc(Oc3ncccn3)ccc2F)CC(C(F)(F)F)O1. The minimum Gasteiger partial charge on any atom is -0.452 e. The van der Waals surface area contributed by atoms with Crippen LogP contribution in [0.2, 0.25) is 0 Å². The second kappa shape index (κ2) is 6.97. The maximum atomic E-state index is 14.4. The summed E-state index contributed by atoms with van der Waals surface area (Å²) in [5, 5.41) is 0. The van der Waals surface area contributed by atoms with Gasteiger partial charge in [-0.25, -0.2) is 23.7 Å². The molecule has 2 aromatic rings. The van der Waals surface area contributed by atoms with Crippen molar-refractivity contribution >= 4 is 6.02 Å². The van der Waals surface area contributed by atoms with E-state index in [9.17, 15) is 22.0 Å². The Kier molecular flexibility index (Phi) is 4.85. The van der Waals surface area contributed by atoms with E-state index < -0.39 is 48.3 Å². The van der Waals surface area contributed by atoms with Crippen LogP contribution in [0.4, 0.5) is 22.0 Å². The molecule has 6 nitrogen and oxygen atoms in total. The number of aliphatic imine (C=N–C) groups is 1. The molecule has 3 rings (SSSR count). The second-order valence-electron chi connectivity index (χ2n) is 5.74. The highest BCUT2D eigenvalue weighted by atomic mass is 19.4. The molecule has 2 heterocycles. The van der Waals surface area contributed by atoms with Crippen LogP contribution in [0, 0.1) is 5.82 Å². The number of hydrogen-bond donors (Lipinski definition) is 1. The monoisotopic (exact) mass is 388 g/mol. The molecule has 1 aliphatic rings. The fraction of sp³-hybridized carbons (Fsp3) is 0.312. The van der Waals surface area contributed by atoms with Crippen LogP contribution in [0.3, 0.4) is 0 Å². The average Bonchev–Trinajstić information content (AvgIpc) is 2.63. The molecule has 2 N–H and O–H groups in total. The number of nitrogens with zero attached hydrogens (tertiary/aromatic N) is 3. The summed E-state index contributed by atoms with van der Waals surface area (Å²) < 4.78 is 77.3. The number of ether oxygens (including phenoxy) is 2. The van der Waals surface area contributed by atoms with E-state index in [1.165, 1.54) is 24.5 Å². The quantitative estimate of drug-likeness (QED) is 0.814. The van der Waals surface area contributed by atoms with Gasteiger partial charge in [0.15, 0.2) is 6.10 Å². The average molecular weight is 388 g/mol. The molecule has 0 radical (unpaired) electrons. The van der Waals surface area contributed by atoms with Gasteiger partial charge in [-0.1, -0.05) is 0 Å². The maximum absolute atomic E-state index is 14.4. The molecule has 27 heavy (non-hydrogen) atoms. The molecule has 144 valence electrons. The van der Waals surface area contributed by atoms with Crippen molar-refractivity contribution in [3.8, 4) is 11.8 Å². The first-order valence-corrected chi connectivity index (χ1v) is 7.63. The summed E-state index contributed by atoms with van der Waals surface area (Å²) in [5.41, 5.74) is 2.66. The number of halogens is 5. The Balaban J connectivity index is 2.02. The van der Waals surface area contributed by atoms with E-state index in [2.05, 4.69) is 19.7 Å². The summed E-state index contributed by atoms with van der Waals surface area (Å²) >= 11 is 0. The van der Waals surface area contributed by atoms with Crippen LogP contribution in [-0.4, -0.2) is 34.9 Å². The smallest absolute Gasteiger partial charge is 0.425 e. The molecule has 0 fully saturated rings.